The molecule has 110 valence electrons. The minimum absolute atomic E-state index is 0.138. The number of ether oxygens (including phenoxy) is 2. The van der Waals surface area contributed by atoms with Crippen molar-refractivity contribution in [1.82, 2.24) is 15.1 Å². The van der Waals surface area contributed by atoms with Gasteiger partial charge in [-0.3, -0.25) is 9.89 Å². The maximum absolute atomic E-state index is 12.4. The molecule has 0 aliphatic carbocycles. The summed E-state index contributed by atoms with van der Waals surface area (Å²) in [7, 11) is 1.28. The molecule has 0 saturated carbocycles. The number of rotatable bonds is 3. The van der Waals surface area contributed by atoms with Crippen LogP contribution in [0.2, 0.25) is 0 Å². The van der Waals surface area contributed by atoms with E-state index in [1.165, 1.54) is 12.0 Å². The summed E-state index contributed by atoms with van der Waals surface area (Å²) >= 11 is 0. The molecule has 2 rings (SSSR count). The highest BCUT2D eigenvalue weighted by Crippen LogP contribution is 2.18. The van der Waals surface area contributed by atoms with Crippen LogP contribution in [-0.2, 0) is 20.7 Å². The van der Waals surface area contributed by atoms with E-state index in [1.54, 1.807) is 0 Å². The van der Waals surface area contributed by atoms with E-state index < -0.39 is 12.1 Å². The summed E-state index contributed by atoms with van der Waals surface area (Å²) in [6.07, 6.45) is -0.0940. The zero-order valence-electron chi connectivity index (χ0n) is 11.5. The fourth-order valence-corrected chi connectivity index (χ4v) is 2.08. The molecular weight excluding hydrogens is 264 g/mol. The number of aromatic amines is 1. The summed E-state index contributed by atoms with van der Waals surface area (Å²) in [6, 6.07) is 0. The van der Waals surface area contributed by atoms with E-state index in [0.717, 1.165) is 5.69 Å². The molecule has 0 aromatic carbocycles. The van der Waals surface area contributed by atoms with E-state index >= 15 is 0 Å². The molecule has 0 radical (unpaired) electrons. The van der Waals surface area contributed by atoms with Crippen LogP contribution in [-0.4, -0.2) is 59.9 Å². The van der Waals surface area contributed by atoms with Crippen molar-refractivity contribution in [2.75, 3.05) is 32.5 Å². The Morgan fingerprint density at radius 3 is 2.95 bits per heavy atom. The molecule has 1 saturated heterocycles. The molecule has 2 heterocycles. The molecule has 1 fully saturated rings. The fourth-order valence-electron chi connectivity index (χ4n) is 2.08. The number of morpholine rings is 1. The highest BCUT2D eigenvalue weighted by atomic mass is 16.6. The van der Waals surface area contributed by atoms with Gasteiger partial charge in [-0.15, -0.1) is 0 Å². The van der Waals surface area contributed by atoms with Crippen LogP contribution in [0.3, 0.4) is 0 Å². The van der Waals surface area contributed by atoms with Crippen molar-refractivity contribution in [1.29, 1.82) is 0 Å². The van der Waals surface area contributed by atoms with Crippen molar-refractivity contribution in [3.8, 4) is 0 Å². The number of esters is 1. The maximum atomic E-state index is 12.4. The number of methoxy groups -OCH3 is 1. The van der Waals surface area contributed by atoms with Crippen LogP contribution in [0.15, 0.2) is 0 Å². The van der Waals surface area contributed by atoms with Crippen molar-refractivity contribution in [2.24, 2.45) is 0 Å². The molecule has 1 aliphatic heterocycles. The molecule has 3 N–H and O–H groups in total. The van der Waals surface area contributed by atoms with Gasteiger partial charge in [0.15, 0.2) is 11.8 Å². The first-order valence-electron chi connectivity index (χ1n) is 6.39. The van der Waals surface area contributed by atoms with Gasteiger partial charge in [0.1, 0.15) is 0 Å². The Balaban J connectivity index is 2.12. The second-order valence-corrected chi connectivity index (χ2v) is 4.45. The molecule has 1 aromatic rings. The van der Waals surface area contributed by atoms with Gasteiger partial charge in [-0.25, -0.2) is 4.79 Å². The summed E-state index contributed by atoms with van der Waals surface area (Å²) in [5, 5.41) is 6.70. The number of H-pyrrole nitrogens is 1. The minimum atomic E-state index is -0.761. The number of nitrogens with two attached hydrogens (primary N) is 1. The highest BCUT2D eigenvalue weighted by molar-refractivity contribution is 5.98. The van der Waals surface area contributed by atoms with Gasteiger partial charge < -0.3 is 20.1 Å². The molecule has 1 atom stereocenters. The number of carbonyl (C=O) groups is 2. The molecule has 20 heavy (non-hydrogen) atoms. The molecule has 1 amide bonds. The van der Waals surface area contributed by atoms with Gasteiger partial charge >= 0.3 is 5.97 Å². The van der Waals surface area contributed by atoms with E-state index in [-0.39, 0.29) is 24.8 Å². The lowest BCUT2D eigenvalue weighted by Gasteiger charge is -2.31. The molecular formula is C12H18N4O4. The van der Waals surface area contributed by atoms with Crippen molar-refractivity contribution in [3.63, 3.8) is 0 Å². The van der Waals surface area contributed by atoms with Crippen LogP contribution >= 0.6 is 0 Å². The number of hydrogen-bond donors (Lipinski definition) is 2. The number of nitrogens with zero attached hydrogens (tertiary/aromatic N) is 2. The molecule has 8 nitrogen and oxygen atoms in total. The number of amides is 1. The van der Waals surface area contributed by atoms with Gasteiger partial charge in [0.05, 0.1) is 31.6 Å². The Morgan fingerprint density at radius 1 is 1.60 bits per heavy atom. The summed E-state index contributed by atoms with van der Waals surface area (Å²) in [5.74, 6) is -0.803. The molecule has 1 aromatic heterocycles. The van der Waals surface area contributed by atoms with Gasteiger partial charge in [-0.05, 0) is 6.42 Å². The number of nitrogens with one attached hydrogen (secondary N) is 1. The molecule has 8 heteroatoms. The first-order valence-corrected chi connectivity index (χ1v) is 6.39. The third-order valence-electron chi connectivity index (χ3n) is 3.26. The van der Waals surface area contributed by atoms with Crippen molar-refractivity contribution in [2.45, 2.75) is 19.4 Å². The number of nitrogen functional groups attached to an aromatic ring is 1. The number of carbonyl (C=O) groups excluding carboxylic acids is 2. The Hall–Kier alpha value is -2.09. The smallest absolute Gasteiger partial charge is 0.336 e. The van der Waals surface area contributed by atoms with Crippen molar-refractivity contribution in [3.05, 3.63) is 11.4 Å². The summed E-state index contributed by atoms with van der Waals surface area (Å²) < 4.78 is 9.90. The zero-order chi connectivity index (χ0) is 14.7. The topological polar surface area (TPSA) is 111 Å². The second kappa shape index (κ2) is 5.91. The van der Waals surface area contributed by atoms with E-state index in [9.17, 15) is 9.59 Å². The number of anilines is 1. The molecule has 0 bridgehead atoms. The SMILES string of the molecule is CCc1[nH]nc(C(=O)N2CCOC(C(=O)OC)C2)c1N. The van der Waals surface area contributed by atoms with Crippen LogP contribution in [0.5, 0.6) is 0 Å². The van der Waals surface area contributed by atoms with Gasteiger partial charge in [0, 0.05) is 6.54 Å². The Morgan fingerprint density at radius 2 is 2.35 bits per heavy atom. The van der Waals surface area contributed by atoms with E-state index in [2.05, 4.69) is 14.9 Å². The highest BCUT2D eigenvalue weighted by Gasteiger charge is 2.32. The first-order chi connectivity index (χ1) is 9.58. The van der Waals surface area contributed by atoms with Gasteiger partial charge in [0.2, 0.25) is 0 Å². The van der Waals surface area contributed by atoms with Crippen molar-refractivity contribution < 1.29 is 19.1 Å². The lowest BCUT2D eigenvalue weighted by molar-refractivity contribution is -0.158. The lowest BCUT2D eigenvalue weighted by atomic mass is 10.2. The van der Waals surface area contributed by atoms with Crippen molar-refractivity contribution >= 4 is 17.6 Å². The average molecular weight is 282 g/mol. The fraction of sp³-hybridized carbons (Fsp3) is 0.583. The monoisotopic (exact) mass is 282 g/mol. The van der Waals surface area contributed by atoms with Gasteiger partial charge in [-0.2, -0.15) is 5.10 Å². The zero-order valence-corrected chi connectivity index (χ0v) is 11.5. The summed E-state index contributed by atoms with van der Waals surface area (Å²) in [6.45, 7) is 2.72. The van der Waals surface area contributed by atoms with Crippen LogP contribution < -0.4 is 5.73 Å². The Kier molecular flexibility index (Phi) is 4.23. The average Bonchev–Trinajstić information content (AvgIpc) is 2.86. The van der Waals surface area contributed by atoms with E-state index in [4.69, 9.17) is 10.5 Å². The number of aryl methyl sites for hydroxylation is 1. The largest absolute Gasteiger partial charge is 0.467 e. The third kappa shape index (κ3) is 2.60. The normalized spacial score (nSPS) is 18.9. The molecule has 1 unspecified atom stereocenters. The Labute approximate surface area is 116 Å². The van der Waals surface area contributed by atoms with Crippen LogP contribution in [0, 0.1) is 0 Å². The summed E-state index contributed by atoms with van der Waals surface area (Å²) in [5.41, 5.74) is 7.15. The third-order valence-corrected chi connectivity index (χ3v) is 3.26. The summed E-state index contributed by atoms with van der Waals surface area (Å²) in [4.78, 5) is 25.3. The van der Waals surface area contributed by atoms with E-state index in [0.29, 0.717) is 18.7 Å². The van der Waals surface area contributed by atoms with Gasteiger partial charge in [0.25, 0.3) is 5.91 Å². The van der Waals surface area contributed by atoms with Crippen LogP contribution in [0.4, 0.5) is 5.69 Å². The Bertz CT molecular complexity index is 514. The van der Waals surface area contributed by atoms with Crippen LogP contribution in [0.25, 0.3) is 0 Å². The maximum Gasteiger partial charge on any atom is 0.336 e. The van der Waals surface area contributed by atoms with Gasteiger partial charge in [-0.1, -0.05) is 6.92 Å². The number of hydrogen-bond acceptors (Lipinski definition) is 6. The lowest BCUT2D eigenvalue weighted by Crippen LogP contribution is -2.49. The van der Waals surface area contributed by atoms with E-state index in [1.807, 2.05) is 6.92 Å². The predicted octanol–water partition coefficient (Wildman–Crippen LogP) is -0.432. The number of aromatic nitrogens is 2. The second-order valence-electron chi connectivity index (χ2n) is 4.45. The standard InChI is InChI=1S/C12H18N4O4/c1-3-7-9(13)10(15-14-7)11(17)16-4-5-20-8(6-16)12(18)19-2/h8H,3-6,13H2,1-2H3,(H,14,15). The van der Waals surface area contributed by atoms with Crippen LogP contribution in [0.1, 0.15) is 23.1 Å². The predicted molar refractivity (Wildman–Crippen MR) is 70.0 cm³/mol. The molecule has 0 spiro atoms. The quantitative estimate of drug-likeness (QED) is 0.728. The first kappa shape index (κ1) is 14.3. The molecule has 1 aliphatic rings. The minimum Gasteiger partial charge on any atom is -0.467 e.